The lowest BCUT2D eigenvalue weighted by Crippen LogP contribution is -2.18. The van der Waals surface area contributed by atoms with E-state index in [1.165, 1.54) is 18.2 Å². The number of aliphatic hydroxyl groups is 3. The van der Waals surface area contributed by atoms with Crippen LogP contribution in [0.3, 0.4) is 0 Å². The van der Waals surface area contributed by atoms with Crippen molar-refractivity contribution < 1.29 is 38.5 Å². The third kappa shape index (κ3) is 5.12. The van der Waals surface area contributed by atoms with Crippen molar-refractivity contribution in [1.29, 1.82) is 0 Å². The number of nitro groups is 1. The Morgan fingerprint density at radius 3 is 2.32 bits per heavy atom. The van der Waals surface area contributed by atoms with Gasteiger partial charge in [-0.25, -0.2) is 0 Å². The number of nitro benzene ring substituents is 1. The fourth-order valence-corrected chi connectivity index (χ4v) is 4.06. The van der Waals surface area contributed by atoms with E-state index in [0.29, 0.717) is 21.7 Å². The maximum atomic E-state index is 12.8. The van der Waals surface area contributed by atoms with Gasteiger partial charge < -0.3 is 20.4 Å². The first-order chi connectivity index (χ1) is 15.9. The van der Waals surface area contributed by atoms with Crippen molar-refractivity contribution in [2.45, 2.75) is 13.1 Å². The van der Waals surface area contributed by atoms with Gasteiger partial charge in [0, 0.05) is 27.9 Å². The van der Waals surface area contributed by atoms with Gasteiger partial charge in [0.05, 0.1) is 21.9 Å². The van der Waals surface area contributed by atoms with Crippen LogP contribution in [0.4, 0.5) is 18.9 Å². The molecule has 12 heteroatoms. The van der Waals surface area contributed by atoms with Crippen LogP contribution in [0.15, 0.2) is 52.8 Å². The molecule has 0 spiro atoms. The van der Waals surface area contributed by atoms with Gasteiger partial charge in [-0.1, -0.05) is 18.2 Å². The molecule has 8 nitrogen and oxygen atoms in total. The van der Waals surface area contributed by atoms with Gasteiger partial charge in [0.15, 0.2) is 0 Å². The third-order valence-electron chi connectivity index (χ3n) is 4.86. The predicted octanol–water partition coefficient (Wildman–Crippen LogP) is 4.40. The number of hydrogen-bond donors (Lipinski definition) is 4. The van der Waals surface area contributed by atoms with Crippen LogP contribution in [0.1, 0.15) is 18.1 Å². The van der Waals surface area contributed by atoms with E-state index in [-0.39, 0.29) is 23.3 Å². The molecule has 0 aliphatic carbocycles. The third-order valence-corrected chi connectivity index (χ3v) is 5.88. The molecule has 0 unspecified atom stereocenters. The number of aliphatic hydroxyl groups excluding tert-OH is 2. The largest absolute Gasteiger partial charge is 0.510 e. The fourth-order valence-electron chi connectivity index (χ4n) is 3.04. The number of thiophene rings is 1. The monoisotopic (exact) mass is 494 g/mol. The fraction of sp³-hybridized carbons (Fsp3) is 0.136. The Morgan fingerprint density at radius 2 is 1.76 bits per heavy atom. The first kappa shape index (κ1) is 24.6. The quantitative estimate of drug-likeness (QED) is 0.236. The number of alkyl halides is 3. The number of nitrogens with zero attached hydrogens (tertiary/aromatic N) is 2. The van der Waals surface area contributed by atoms with Crippen molar-refractivity contribution >= 4 is 34.4 Å². The van der Waals surface area contributed by atoms with Crippen molar-refractivity contribution in [3.05, 3.63) is 79.5 Å². The highest BCUT2D eigenvalue weighted by Crippen LogP contribution is 2.40. The zero-order valence-electron chi connectivity index (χ0n) is 17.4. The lowest BCUT2D eigenvalue weighted by Gasteiger charge is -2.07. The van der Waals surface area contributed by atoms with Crippen LogP contribution in [-0.4, -0.2) is 37.6 Å². The first-order valence-electron chi connectivity index (χ1n) is 9.48. The van der Waals surface area contributed by atoms with Crippen LogP contribution in [0.5, 0.6) is 5.75 Å². The lowest BCUT2D eigenvalue weighted by molar-refractivity contribution is -0.386. The van der Waals surface area contributed by atoms with E-state index < -0.39 is 33.5 Å². The number of aliphatic imine (C=N–C) groups is 1. The van der Waals surface area contributed by atoms with E-state index in [4.69, 9.17) is 10.2 Å². The maximum Gasteiger partial charge on any atom is 0.416 e. The van der Waals surface area contributed by atoms with Gasteiger partial charge in [-0.3, -0.25) is 15.1 Å². The van der Waals surface area contributed by atoms with Crippen LogP contribution in [0.2, 0.25) is 0 Å². The summed E-state index contributed by atoms with van der Waals surface area (Å²) in [6, 6.07) is 7.62. The van der Waals surface area contributed by atoms with Gasteiger partial charge in [0.2, 0.25) is 0 Å². The molecule has 3 rings (SSSR count). The lowest BCUT2D eigenvalue weighted by atomic mass is 10.1. The van der Waals surface area contributed by atoms with Crippen LogP contribution >= 0.6 is 11.3 Å². The summed E-state index contributed by atoms with van der Waals surface area (Å²) in [5, 5.41) is 51.5. The van der Waals surface area contributed by atoms with Gasteiger partial charge >= 0.3 is 6.18 Å². The van der Waals surface area contributed by atoms with E-state index in [2.05, 4.69) is 4.99 Å². The summed E-state index contributed by atoms with van der Waals surface area (Å²) in [6.07, 6.45) is -4.47. The highest BCUT2D eigenvalue weighted by Gasteiger charge is 2.30. The van der Waals surface area contributed by atoms with E-state index in [9.17, 15) is 33.5 Å². The number of aromatic hydroxyl groups is 1. The summed E-state index contributed by atoms with van der Waals surface area (Å²) in [4.78, 5) is 14.8. The Bertz CT molecular complexity index is 1390. The van der Waals surface area contributed by atoms with Gasteiger partial charge in [0.1, 0.15) is 16.7 Å². The number of benzene rings is 2. The second-order valence-electron chi connectivity index (χ2n) is 7.06. The second kappa shape index (κ2) is 9.43. The minimum Gasteiger partial charge on any atom is -0.510 e. The van der Waals surface area contributed by atoms with Crippen LogP contribution in [-0.2, 0) is 6.18 Å². The normalized spacial score (nSPS) is 13.0. The van der Waals surface area contributed by atoms with Crippen LogP contribution < -0.4 is 10.4 Å². The molecule has 0 saturated heterocycles. The molecule has 0 atom stereocenters. The summed E-state index contributed by atoms with van der Waals surface area (Å²) in [7, 11) is 0. The van der Waals surface area contributed by atoms with Crippen LogP contribution in [0, 0.1) is 10.1 Å². The Balaban J connectivity index is 1.90. The second-order valence-corrected chi connectivity index (χ2v) is 7.94. The minimum atomic E-state index is -4.47. The van der Waals surface area contributed by atoms with Crippen molar-refractivity contribution in [2.24, 2.45) is 4.99 Å². The highest BCUT2D eigenvalue weighted by molar-refractivity contribution is 7.14. The standard InChI is InChI=1S/C22H17F3N2O6S/c1-11(26-9-18(28)13-4-7-15(21(30)31)17(8-13)27(32)33)16-10-34-20(19(16)29)12-2-5-14(6-3-12)22(23,24)25/h2-8,10,28-31H,9H2,1H3. The van der Waals surface area contributed by atoms with Gasteiger partial charge in [-0.2, -0.15) is 13.2 Å². The minimum absolute atomic E-state index is 0.0354. The maximum absolute atomic E-state index is 12.8. The van der Waals surface area contributed by atoms with E-state index in [1.54, 1.807) is 12.3 Å². The Hall–Kier alpha value is -4.06. The van der Waals surface area contributed by atoms with Gasteiger partial charge in [-0.15, -0.1) is 11.3 Å². The number of non-ortho nitro benzene ring substituents is 1. The topological polar surface area (TPSA) is 136 Å². The molecule has 2 aromatic carbocycles. The van der Waals surface area contributed by atoms with Crippen molar-refractivity contribution in [3.8, 4) is 16.2 Å². The van der Waals surface area contributed by atoms with Crippen molar-refractivity contribution in [2.75, 3.05) is 6.54 Å². The molecule has 178 valence electrons. The zero-order chi connectivity index (χ0) is 25.2. The Kier molecular flexibility index (Phi) is 6.82. The molecule has 34 heavy (non-hydrogen) atoms. The zero-order valence-corrected chi connectivity index (χ0v) is 18.2. The van der Waals surface area contributed by atoms with Gasteiger partial charge in [-0.05, 0) is 30.7 Å². The summed E-state index contributed by atoms with van der Waals surface area (Å²) in [5.74, 6) is -1.76. The number of halogens is 3. The van der Waals surface area contributed by atoms with E-state index >= 15 is 0 Å². The Morgan fingerprint density at radius 1 is 1.12 bits per heavy atom. The molecule has 0 saturated carbocycles. The summed E-state index contributed by atoms with van der Waals surface area (Å²) in [5.41, 5.74) is -0.418. The number of hydrogen-bond acceptors (Lipinski definition) is 8. The SMILES string of the molecule is CC(=NCC(O)=c1ccc(=C(O)O)c([N+](=O)[O-])c1)c1csc(-c2ccc(C(F)(F)F)cc2)c1O. The molecule has 0 aliphatic rings. The van der Waals surface area contributed by atoms with E-state index in [1.807, 2.05) is 0 Å². The number of rotatable bonds is 5. The first-order valence-corrected chi connectivity index (χ1v) is 10.4. The average Bonchev–Trinajstić information content (AvgIpc) is 3.17. The van der Waals surface area contributed by atoms with Gasteiger partial charge in [0.25, 0.3) is 11.6 Å². The molecular weight excluding hydrogens is 477 g/mol. The molecule has 0 bridgehead atoms. The molecule has 4 N–H and O–H groups in total. The van der Waals surface area contributed by atoms with Crippen LogP contribution in [0.25, 0.3) is 22.1 Å². The summed E-state index contributed by atoms with van der Waals surface area (Å²) < 4.78 is 38.3. The summed E-state index contributed by atoms with van der Waals surface area (Å²) >= 11 is 1.10. The summed E-state index contributed by atoms with van der Waals surface area (Å²) in [6.45, 7) is 1.25. The molecule has 1 heterocycles. The average molecular weight is 494 g/mol. The van der Waals surface area contributed by atoms with E-state index in [0.717, 1.165) is 35.6 Å². The molecule has 3 aromatic rings. The van der Waals surface area contributed by atoms with Crippen molar-refractivity contribution in [1.82, 2.24) is 0 Å². The Labute approximate surface area is 193 Å². The predicted molar refractivity (Wildman–Crippen MR) is 121 cm³/mol. The molecular formula is C22H17F3N2O6S. The molecule has 1 aromatic heterocycles. The van der Waals surface area contributed by atoms with Crippen molar-refractivity contribution in [3.63, 3.8) is 0 Å². The highest BCUT2D eigenvalue weighted by atomic mass is 32.1. The smallest absolute Gasteiger partial charge is 0.416 e. The molecule has 0 aliphatic heterocycles. The molecule has 0 amide bonds. The molecule has 0 fully saturated rings. The molecule has 0 radical (unpaired) electrons.